The van der Waals surface area contributed by atoms with E-state index in [0.717, 1.165) is 17.7 Å². The first-order valence-corrected chi connectivity index (χ1v) is 7.93. The molecule has 2 heterocycles. The predicted molar refractivity (Wildman–Crippen MR) is 89.7 cm³/mol. The minimum atomic E-state index is -0.296. The van der Waals surface area contributed by atoms with Crippen LogP contribution in [-0.4, -0.2) is 36.1 Å². The van der Waals surface area contributed by atoms with E-state index in [2.05, 4.69) is 4.98 Å². The second-order valence-corrected chi connectivity index (χ2v) is 5.62. The fourth-order valence-electron chi connectivity index (χ4n) is 2.92. The maximum Gasteiger partial charge on any atom is 0.259 e. The van der Waals surface area contributed by atoms with Gasteiger partial charge in [0.2, 0.25) is 0 Å². The number of hydrogen-bond acceptors (Lipinski definition) is 4. The van der Waals surface area contributed by atoms with E-state index >= 15 is 0 Å². The van der Waals surface area contributed by atoms with Crippen molar-refractivity contribution >= 4 is 5.91 Å². The van der Waals surface area contributed by atoms with E-state index in [1.165, 1.54) is 24.9 Å². The van der Waals surface area contributed by atoms with Gasteiger partial charge < -0.3 is 19.4 Å². The number of pyridine rings is 1. The van der Waals surface area contributed by atoms with E-state index in [9.17, 15) is 9.59 Å². The topological polar surface area (TPSA) is 71.6 Å². The second-order valence-electron chi connectivity index (χ2n) is 5.62. The lowest BCUT2D eigenvalue weighted by Crippen LogP contribution is -2.36. The molecule has 0 spiro atoms. The molecule has 0 fully saturated rings. The van der Waals surface area contributed by atoms with E-state index in [1.807, 2.05) is 25.1 Å². The molecule has 0 bridgehead atoms. The molecule has 24 heavy (non-hydrogen) atoms. The van der Waals surface area contributed by atoms with Crippen LogP contribution in [0.4, 0.5) is 0 Å². The highest BCUT2D eigenvalue weighted by Crippen LogP contribution is 2.26. The van der Waals surface area contributed by atoms with Crippen LogP contribution in [0.2, 0.25) is 0 Å². The van der Waals surface area contributed by atoms with Crippen molar-refractivity contribution < 1.29 is 14.3 Å². The number of hydrogen-bond donors (Lipinski definition) is 1. The standard InChI is InChI=1S/C18H20N2O4/c1-3-24-14-5-4-13-11-20(7-6-12(13)8-14)18(22)15-10-19-17(21)9-16(15)23-2/h4-5,8-10H,3,6-7,11H2,1-2H3,(H,19,21). The summed E-state index contributed by atoms with van der Waals surface area (Å²) < 4.78 is 10.7. The van der Waals surface area contributed by atoms with Gasteiger partial charge in [0.05, 0.1) is 19.3 Å². The lowest BCUT2D eigenvalue weighted by molar-refractivity contribution is 0.0730. The van der Waals surface area contributed by atoms with Gasteiger partial charge in [0.1, 0.15) is 11.5 Å². The molecule has 0 aliphatic carbocycles. The highest BCUT2D eigenvalue weighted by molar-refractivity contribution is 5.96. The summed E-state index contributed by atoms with van der Waals surface area (Å²) >= 11 is 0. The molecule has 126 valence electrons. The zero-order valence-corrected chi connectivity index (χ0v) is 13.8. The highest BCUT2D eigenvalue weighted by Gasteiger charge is 2.24. The van der Waals surface area contributed by atoms with Crippen molar-refractivity contribution in [3.63, 3.8) is 0 Å². The maximum absolute atomic E-state index is 12.8. The Kier molecular flexibility index (Phi) is 4.55. The van der Waals surface area contributed by atoms with Crippen LogP contribution in [0.1, 0.15) is 28.4 Å². The molecule has 2 aromatic rings. The van der Waals surface area contributed by atoms with Crippen molar-refractivity contribution in [2.45, 2.75) is 19.9 Å². The van der Waals surface area contributed by atoms with Crippen LogP contribution < -0.4 is 15.0 Å². The molecule has 1 aliphatic rings. The summed E-state index contributed by atoms with van der Waals surface area (Å²) in [5, 5.41) is 0. The number of aromatic nitrogens is 1. The Balaban J connectivity index is 1.82. The number of ether oxygens (including phenoxy) is 2. The largest absolute Gasteiger partial charge is 0.496 e. The maximum atomic E-state index is 12.8. The highest BCUT2D eigenvalue weighted by atomic mass is 16.5. The van der Waals surface area contributed by atoms with Crippen molar-refractivity contribution in [3.8, 4) is 11.5 Å². The van der Waals surface area contributed by atoms with Gasteiger partial charge in [-0.15, -0.1) is 0 Å². The number of rotatable bonds is 4. The van der Waals surface area contributed by atoms with E-state index < -0.39 is 0 Å². The third kappa shape index (κ3) is 3.13. The third-order valence-corrected chi connectivity index (χ3v) is 4.12. The Morgan fingerprint density at radius 3 is 2.88 bits per heavy atom. The zero-order chi connectivity index (χ0) is 17.1. The molecule has 1 aliphatic heterocycles. The molecule has 0 radical (unpaired) electrons. The molecule has 1 amide bonds. The average molecular weight is 328 g/mol. The molecule has 0 saturated carbocycles. The summed E-state index contributed by atoms with van der Waals surface area (Å²) in [6.07, 6.45) is 2.19. The summed E-state index contributed by atoms with van der Waals surface area (Å²) in [7, 11) is 1.45. The Hall–Kier alpha value is -2.76. The number of H-pyrrole nitrogens is 1. The van der Waals surface area contributed by atoms with Crippen molar-refractivity contribution in [1.82, 2.24) is 9.88 Å². The Labute approximate surface area is 140 Å². The van der Waals surface area contributed by atoms with E-state index in [-0.39, 0.29) is 11.5 Å². The van der Waals surface area contributed by atoms with Crippen LogP contribution in [0.3, 0.4) is 0 Å². The molecule has 1 aromatic heterocycles. The second kappa shape index (κ2) is 6.78. The molecule has 6 nitrogen and oxygen atoms in total. The monoisotopic (exact) mass is 328 g/mol. The van der Waals surface area contributed by atoms with Gasteiger partial charge in [0, 0.05) is 25.4 Å². The van der Waals surface area contributed by atoms with E-state index in [1.54, 1.807) is 4.90 Å². The molecule has 0 unspecified atom stereocenters. The fraction of sp³-hybridized carbons (Fsp3) is 0.333. The molecule has 1 N–H and O–H groups in total. The number of carbonyl (C=O) groups excluding carboxylic acids is 1. The summed E-state index contributed by atoms with van der Waals surface area (Å²) in [5.41, 5.74) is 2.39. The van der Waals surface area contributed by atoms with Gasteiger partial charge in [-0.05, 0) is 36.6 Å². The first-order chi connectivity index (χ1) is 11.6. The van der Waals surface area contributed by atoms with Crippen LogP contribution in [0.25, 0.3) is 0 Å². The van der Waals surface area contributed by atoms with Crippen LogP contribution in [0.15, 0.2) is 35.3 Å². The molecule has 0 atom stereocenters. The summed E-state index contributed by atoms with van der Waals surface area (Å²) in [5.74, 6) is 1.00. The van der Waals surface area contributed by atoms with Crippen LogP contribution in [-0.2, 0) is 13.0 Å². The number of benzene rings is 1. The molecule has 1 aromatic carbocycles. The summed E-state index contributed by atoms with van der Waals surface area (Å²) in [6.45, 7) is 3.74. The van der Waals surface area contributed by atoms with Crippen molar-refractivity contribution in [1.29, 1.82) is 0 Å². The summed E-state index contributed by atoms with van der Waals surface area (Å²) in [4.78, 5) is 28.4. The third-order valence-electron chi connectivity index (χ3n) is 4.12. The molecule has 3 rings (SSSR count). The van der Waals surface area contributed by atoms with Gasteiger partial charge in [0.25, 0.3) is 11.5 Å². The van der Waals surface area contributed by atoms with Crippen LogP contribution >= 0.6 is 0 Å². The summed E-state index contributed by atoms with van der Waals surface area (Å²) in [6, 6.07) is 7.27. The number of methoxy groups -OCH3 is 1. The van der Waals surface area contributed by atoms with E-state index in [4.69, 9.17) is 9.47 Å². The number of aromatic amines is 1. The SMILES string of the molecule is CCOc1ccc2c(c1)CCN(C(=O)c1c[nH]c(=O)cc1OC)C2. The molecule has 6 heteroatoms. The van der Waals surface area contributed by atoms with Crippen molar-refractivity contribution in [2.75, 3.05) is 20.3 Å². The Morgan fingerprint density at radius 1 is 1.29 bits per heavy atom. The molecule has 0 saturated heterocycles. The number of fused-ring (bicyclic) bond motifs is 1. The van der Waals surface area contributed by atoms with Crippen molar-refractivity contribution in [2.24, 2.45) is 0 Å². The van der Waals surface area contributed by atoms with Gasteiger partial charge in [-0.1, -0.05) is 6.07 Å². The van der Waals surface area contributed by atoms with Gasteiger partial charge in [-0.25, -0.2) is 0 Å². The van der Waals surface area contributed by atoms with Crippen molar-refractivity contribution in [3.05, 3.63) is 57.5 Å². The number of carbonyl (C=O) groups is 1. The fourth-order valence-corrected chi connectivity index (χ4v) is 2.92. The van der Waals surface area contributed by atoms with Gasteiger partial charge in [0.15, 0.2) is 0 Å². The van der Waals surface area contributed by atoms with Crippen LogP contribution in [0, 0.1) is 0 Å². The predicted octanol–water partition coefficient (Wildman–Crippen LogP) is 1.98. The Morgan fingerprint density at radius 2 is 2.12 bits per heavy atom. The Bertz CT molecular complexity index is 813. The lowest BCUT2D eigenvalue weighted by atomic mass is 9.99. The number of nitrogens with one attached hydrogen (secondary N) is 1. The quantitative estimate of drug-likeness (QED) is 0.931. The average Bonchev–Trinajstić information content (AvgIpc) is 2.60. The first kappa shape index (κ1) is 16.1. The number of amides is 1. The first-order valence-electron chi connectivity index (χ1n) is 7.93. The number of nitrogens with zero attached hydrogens (tertiary/aromatic N) is 1. The zero-order valence-electron chi connectivity index (χ0n) is 13.8. The van der Waals surface area contributed by atoms with E-state index in [0.29, 0.717) is 31.0 Å². The minimum absolute atomic E-state index is 0.150. The lowest BCUT2D eigenvalue weighted by Gasteiger charge is -2.29. The van der Waals surface area contributed by atoms with Crippen LogP contribution in [0.5, 0.6) is 11.5 Å². The smallest absolute Gasteiger partial charge is 0.259 e. The van der Waals surface area contributed by atoms with Gasteiger partial charge in [-0.2, -0.15) is 0 Å². The molecular formula is C18H20N2O4. The molecular weight excluding hydrogens is 308 g/mol. The normalized spacial score (nSPS) is 13.3. The van der Waals surface area contributed by atoms with Gasteiger partial charge in [-0.3, -0.25) is 9.59 Å². The van der Waals surface area contributed by atoms with Gasteiger partial charge >= 0.3 is 0 Å². The minimum Gasteiger partial charge on any atom is -0.496 e.